The van der Waals surface area contributed by atoms with Gasteiger partial charge in [0.05, 0.1) is 10.0 Å². The zero-order chi connectivity index (χ0) is 14.7. The van der Waals surface area contributed by atoms with E-state index in [9.17, 15) is 9.18 Å². The minimum absolute atomic E-state index is 0.241. The molecule has 0 aliphatic carbocycles. The number of carboxylic acid groups (broad SMARTS) is 1. The lowest BCUT2D eigenvalue weighted by atomic mass is 10.2. The third-order valence-electron chi connectivity index (χ3n) is 2.59. The Morgan fingerprint density at radius 1 is 1.25 bits per heavy atom. The molecule has 0 saturated heterocycles. The molecule has 0 bridgehead atoms. The molecule has 0 spiro atoms. The number of halogens is 3. The van der Waals surface area contributed by atoms with Gasteiger partial charge in [-0.15, -0.1) is 11.8 Å². The maximum Gasteiger partial charge on any atom is 0.336 e. The lowest BCUT2D eigenvalue weighted by Crippen LogP contribution is -1.99. The molecular formula is C14H9Br2FO2S. The summed E-state index contributed by atoms with van der Waals surface area (Å²) >= 11 is 7.88. The van der Waals surface area contributed by atoms with Crippen LogP contribution in [0.3, 0.4) is 0 Å². The Kier molecular flexibility index (Phi) is 5.23. The van der Waals surface area contributed by atoms with E-state index < -0.39 is 5.97 Å². The van der Waals surface area contributed by atoms with E-state index in [1.165, 1.54) is 17.8 Å². The average Bonchev–Trinajstić information content (AvgIpc) is 2.40. The largest absolute Gasteiger partial charge is 0.478 e. The molecule has 2 aromatic rings. The van der Waals surface area contributed by atoms with E-state index in [2.05, 4.69) is 31.9 Å². The minimum Gasteiger partial charge on any atom is -0.478 e. The van der Waals surface area contributed by atoms with Gasteiger partial charge in [0.1, 0.15) is 5.82 Å². The van der Waals surface area contributed by atoms with Crippen LogP contribution in [0.5, 0.6) is 0 Å². The van der Waals surface area contributed by atoms with E-state index in [0.717, 1.165) is 10.0 Å². The van der Waals surface area contributed by atoms with E-state index in [1.54, 1.807) is 30.3 Å². The molecule has 0 radical (unpaired) electrons. The van der Waals surface area contributed by atoms with Crippen molar-refractivity contribution in [3.8, 4) is 0 Å². The maximum atomic E-state index is 13.4. The molecule has 0 atom stereocenters. The molecule has 1 N–H and O–H groups in total. The van der Waals surface area contributed by atoms with Gasteiger partial charge in [0.2, 0.25) is 0 Å². The zero-order valence-corrected chi connectivity index (χ0v) is 14.1. The predicted molar refractivity (Wildman–Crippen MR) is 84.8 cm³/mol. The van der Waals surface area contributed by atoms with Crippen LogP contribution in [-0.4, -0.2) is 11.1 Å². The molecular weight excluding hydrogens is 411 g/mol. The molecule has 2 aromatic carbocycles. The van der Waals surface area contributed by atoms with E-state index in [1.807, 2.05) is 0 Å². The molecule has 104 valence electrons. The van der Waals surface area contributed by atoms with Crippen LogP contribution in [0.1, 0.15) is 15.9 Å². The molecule has 0 saturated carbocycles. The Morgan fingerprint density at radius 3 is 2.70 bits per heavy atom. The number of carbonyl (C=O) groups is 1. The number of hydrogen-bond acceptors (Lipinski definition) is 2. The number of thioether (sulfide) groups is 1. The highest BCUT2D eigenvalue weighted by Gasteiger charge is 2.12. The van der Waals surface area contributed by atoms with E-state index in [-0.39, 0.29) is 11.4 Å². The summed E-state index contributed by atoms with van der Waals surface area (Å²) in [5.41, 5.74) is 1.03. The molecule has 20 heavy (non-hydrogen) atoms. The van der Waals surface area contributed by atoms with Crippen LogP contribution >= 0.6 is 43.6 Å². The monoisotopic (exact) mass is 418 g/mol. The first-order valence-electron chi connectivity index (χ1n) is 5.57. The number of rotatable bonds is 4. The van der Waals surface area contributed by atoms with Crippen molar-refractivity contribution in [1.29, 1.82) is 0 Å². The Morgan fingerprint density at radius 2 is 2.00 bits per heavy atom. The second-order valence-electron chi connectivity index (χ2n) is 3.95. The van der Waals surface area contributed by atoms with Crippen LogP contribution < -0.4 is 0 Å². The second kappa shape index (κ2) is 6.74. The minimum atomic E-state index is -0.974. The third-order valence-corrected chi connectivity index (χ3v) is 5.07. The quantitative estimate of drug-likeness (QED) is 0.679. The molecule has 0 aromatic heterocycles. The van der Waals surface area contributed by atoms with E-state index >= 15 is 0 Å². The summed E-state index contributed by atoms with van der Waals surface area (Å²) in [5.74, 6) is -0.816. The van der Waals surface area contributed by atoms with Crippen molar-refractivity contribution in [2.75, 3.05) is 0 Å². The number of carboxylic acids is 1. The molecule has 0 heterocycles. The van der Waals surface area contributed by atoms with Crippen molar-refractivity contribution in [3.63, 3.8) is 0 Å². The van der Waals surface area contributed by atoms with Gasteiger partial charge in [-0.25, -0.2) is 9.18 Å². The lowest BCUT2D eigenvalue weighted by molar-refractivity contribution is 0.0693. The average molecular weight is 420 g/mol. The normalized spacial score (nSPS) is 10.6. The summed E-state index contributed by atoms with van der Waals surface area (Å²) in [4.78, 5) is 11.8. The maximum absolute atomic E-state index is 13.4. The van der Waals surface area contributed by atoms with E-state index in [4.69, 9.17) is 5.11 Å². The fourth-order valence-corrected chi connectivity index (χ4v) is 3.78. The van der Waals surface area contributed by atoms with Crippen LogP contribution in [0.25, 0.3) is 0 Å². The van der Waals surface area contributed by atoms with Crippen LogP contribution in [0.2, 0.25) is 0 Å². The summed E-state index contributed by atoms with van der Waals surface area (Å²) < 4.78 is 14.6. The Bertz CT molecular complexity index is 662. The van der Waals surface area contributed by atoms with Crippen LogP contribution in [0, 0.1) is 5.82 Å². The standard InChI is InChI=1S/C14H9Br2FO2S/c15-9-4-5-10(14(18)19)12(6-9)20-7-8-2-1-3-11(17)13(8)16/h1-6H,7H2,(H,18,19). The SMILES string of the molecule is O=C(O)c1ccc(Br)cc1SCc1cccc(F)c1Br. The fraction of sp³-hybridized carbons (Fsp3) is 0.0714. The van der Waals surface area contributed by atoms with Crippen molar-refractivity contribution in [3.05, 3.63) is 62.3 Å². The summed E-state index contributed by atoms with van der Waals surface area (Å²) in [6, 6.07) is 9.80. The second-order valence-corrected chi connectivity index (χ2v) is 6.67. The molecule has 0 amide bonds. The number of benzene rings is 2. The first-order valence-corrected chi connectivity index (χ1v) is 8.14. The van der Waals surface area contributed by atoms with Crippen molar-refractivity contribution in [2.24, 2.45) is 0 Å². The summed E-state index contributed by atoms with van der Waals surface area (Å²) in [6.07, 6.45) is 0. The van der Waals surface area contributed by atoms with Gasteiger partial charge in [-0.2, -0.15) is 0 Å². The predicted octanol–water partition coefficient (Wildman–Crippen LogP) is 5.34. The zero-order valence-electron chi connectivity index (χ0n) is 10.1. The summed E-state index contributed by atoms with van der Waals surface area (Å²) in [5, 5.41) is 9.15. The molecule has 0 aliphatic rings. The molecule has 6 heteroatoms. The molecule has 2 rings (SSSR count). The van der Waals surface area contributed by atoms with E-state index in [0.29, 0.717) is 15.1 Å². The van der Waals surface area contributed by atoms with Gasteiger partial charge in [0.15, 0.2) is 0 Å². The van der Waals surface area contributed by atoms with Gasteiger partial charge in [-0.3, -0.25) is 0 Å². The molecule has 0 unspecified atom stereocenters. The Hall–Kier alpha value is -0.850. The van der Waals surface area contributed by atoms with Gasteiger partial charge in [-0.05, 0) is 45.8 Å². The molecule has 2 nitrogen and oxygen atoms in total. The molecule has 0 fully saturated rings. The molecule has 0 aliphatic heterocycles. The van der Waals surface area contributed by atoms with Gasteiger partial charge in [-0.1, -0.05) is 28.1 Å². The van der Waals surface area contributed by atoms with Crippen LogP contribution in [0.15, 0.2) is 50.2 Å². The topological polar surface area (TPSA) is 37.3 Å². The highest BCUT2D eigenvalue weighted by molar-refractivity contribution is 9.10. The first-order chi connectivity index (χ1) is 9.49. The summed E-state index contributed by atoms with van der Waals surface area (Å²) in [6.45, 7) is 0. The van der Waals surface area contributed by atoms with Gasteiger partial charge in [0.25, 0.3) is 0 Å². The van der Waals surface area contributed by atoms with Crippen LogP contribution in [0.4, 0.5) is 4.39 Å². The smallest absolute Gasteiger partial charge is 0.336 e. The van der Waals surface area contributed by atoms with Crippen molar-refractivity contribution < 1.29 is 14.3 Å². The highest BCUT2D eigenvalue weighted by atomic mass is 79.9. The van der Waals surface area contributed by atoms with Crippen molar-refractivity contribution in [1.82, 2.24) is 0 Å². The number of hydrogen-bond donors (Lipinski definition) is 1. The number of aromatic carboxylic acids is 1. The highest BCUT2D eigenvalue weighted by Crippen LogP contribution is 2.32. The van der Waals surface area contributed by atoms with Crippen LogP contribution in [-0.2, 0) is 5.75 Å². The van der Waals surface area contributed by atoms with Gasteiger partial charge >= 0.3 is 5.97 Å². The van der Waals surface area contributed by atoms with Gasteiger partial charge < -0.3 is 5.11 Å². The third kappa shape index (κ3) is 3.62. The first kappa shape index (κ1) is 15.5. The fourth-order valence-electron chi connectivity index (χ4n) is 1.61. The van der Waals surface area contributed by atoms with Crippen molar-refractivity contribution >= 4 is 49.6 Å². The Balaban J connectivity index is 2.24. The summed E-state index contributed by atoms with van der Waals surface area (Å²) in [7, 11) is 0. The Labute approximate surface area is 136 Å². The van der Waals surface area contributed by atoms with Crippen molar-refractivity contribution in [2.45, 2.75) is 10.6 Å². The van der Waals surface area contributed by atoms with Gasteiger partial charge in [0, 0.05) is 15.1 Å². The lowest BCUT2D eigenvalue weighted by Gasteiger charge is -2.08.